The normalized spacial score (nSPS) is 10.4. The first-order valence-corrected chi connectivity index (χ1v) is 9.91. The van der Waals surface area contributed by atoms with Crippen molar-refractivity contribution in [1.29, 1.82) is 0 Å². The van der Waals surface area contributed by atoms with Crippen molar-refractivity contribution in [2.45, 2.75) is 13.3 Å². The number of nitrogens with zero attached hydrogens (tertiary/aromatic N) is 1. The second kappa shape index (κ2) is 11.7. The van der Waals surface area contributed by atoms with Crippen molar-refractivity contribution >= 4 is 28.1 Å². The van der Waals surface area contributed by atoms with Gasteiger partial charge in [-0.3, -0.25) is 4.79 Å². The molecule has 7 nitrogen and oxygen atoms in total. The lowest BCUT2D eigenvalue weighted by Gasteiger charge is -2.12. The minimum Gasteiger partial charge on any atom is -0.493 e. The maximum atomic E-state index is 12.4. The Labute approximate surface area is 184 Å². The van der Waals surface area contributed by atoms with E-state index in [1.54, 1.807) is 30.3 Å². The minimum atomic E-state index is -0.383. The molecule has 0 fully saturated rings. The lowest BCUT2D eigenvalue weighted by molar-refractivity contribution is 0.0954. The summed E-state index contributed by atoms with van der Waals surface area (Å²) in [5, 5.41) is 4.01. The molecule has 2 aromatic carbocycles. The zero-order chi connectivity index (χ0) is 21.9. The number of hydrogen-bond acceptors (Lipinski definition) is 6. The van der Waals surface area contributed by atoms with Gasteiger partial charge in [-0.2, -0.15) is 5.10 Å². The van der Waals surface area contributed by atoms with Gasteiger partial charge in [0.25, 0.3) is 5.91 Å². The van der Waals surface area contributed by atoms with Crippen molar-refractivity contribution in [3.63, 3.8) is 0 Å². The molecule has 0 saturated carbocycles. The van der Waals surface area contributed by atoms with E-state index in [2.05, 4.69) is 32.4 Å². The number of ether oxygens (including phenoxy) is 4. The number of rotatable bonds is 10. The molecule has 2 rings (SSSR count). The molecule has 2 aromatic rings. The Morgan fingerprint density at radius 3 is 2.60 bits per heavy atom. The zero-order valence-corrected chi connectivity index (χ0v) is 18.6. The van der Waals surface area contributed by atoms with E-state index in [4.69, 9.17) is 25.4 Å². The Morgan fingerprint density at radius 1 is 1.17 bits per heavy atom. The van der Waals surface area contributed by atoms with Crippen LogP contribution >= 0.6 is 15.9 Å². The third kappa shape index (κ3) is 6.16. The summed E-state index contributed by atoms with van der Waals surface area (Å²) < 4.78 is 22.3. The SMILES string of the molecule is C#CCOc1c(Br)cc(/C=N/NC(=O)c2ccc(OCCC)c(OC)c2)cc1OC. The fourth-order valence-corrected chi connectivity index (χ4v) is 3.01. The van der Waals surface area contributed by atoms with Gasteiger partial charge in [0.05, 0.1) is 31.5 Å². The number of hydrazone groups is 1. The number of amides is 1. The third-order valence-corrected chi connectivity index (χ3v) is 4.41. The van der Waals surface area contributed by atoms with Gasteiger partial charge >= 0.3 is 0 Å². The van der Waals surface area contributed by atoms with E-state index < -0.39 is 0 Å². The van der Waals surface area contributed by atoms with Crippen molar-refractivity contribution in [2.24, 2.45) is 5.10 Å². The van der Waals surface area contributed by atoms with Crippen LogP contribution in [0.15, 0.2) is 39.9 Å². The van der Waals surface area contributed by atoms with Crippen molar-refractivity contribution < 1.29 is 23.7 Å². The highest BCUT2D eigenvalue weighted by atomic mass is 79.9. The molecule has 0 bridgehead atoms. The van der Waals surface area contributed by atoms with Crippen molar-refractivity contribution in [2.75, 3.05) is 27.4 Å². The Morgan fingerprint density at radius 2 is 1.93 bits per heavy atom. The maximum Gasteiger partial charge on any atom is 0.271 e. The molecule has 0 saturated heterocycles. The average molecular weight is 475 g/mol. The summed E-state index contributed by atoms with van der Waals surface area (Å²) in [6.07, 6.45) is 7.60. The third-order valence-electron chi connectivity index (χ3n) is 3.82. The molecule has 0 aliphatic carbocycles. The summed E-state index contributed by atoms with van der Waals surface area (Å²) in [5.74, 6) is 4.07. The Balaban J connectivity index is 2.10. The van der Waals surface area contributed by atoms with E-state index in [9.17, 15) is 4.79 Å². The molecule has 8 heteroatoms. The number of carbonyl (C=O) groups excluding carboxylic acids is 1. The molecule has 0 unspecified atom stereocenters. The van der Waals surface area contributed by atoms with Crippen LogP contribution in [0.25, 0.3) is 0 Å². The molecule has 0 aliphatic heterocycles. The molecule has 0 heterocycles. The number of carbonyl (C=O) groups is 1. The van der Waals surface area contributed by atoms with Gasteiger partial charge in [-0.05, 0) is 58.2 Å². The Hall–Kier alpha value is -3.18. The van der Waals surface area contributed by atoms with Crippen LogP contribution in [0.3, 0.4) is 0 Å². The largest absolute Gasteiger partial charge is 0.493 e. The van der Waals surface area contributed by atoms with Crippen molar-refractivity contribution in [1.82, 2.24) is 5.43 Å². The summed E-state index contributed by atoms with van der Waals surface area (Å²) in [6.45, 7) is 2.69. The monoisotopic (exact) mass is 474 g/mol. The van der Waals surface area contributed by atoms with Crippen LogP contribution in [0.1, 0.15) is 29.3 Å². The molecule has 0 spiro atoms. The smallest absolute Gasteiger partial charge is 0.271 e. The van der Waals surface area contributed by atoms with Crippen LogP contribution in [0, 0.1) is 12.3 Å². The average Bonchev–Trinajstić information content (AvgIpc) is 2.76. The molecule has 0 radical (unpaired) electrons. The predicted octanol–water partition coefficient (Wildman–Crippen LogP) is 4.03. The van der Waals surface area contributed by atoms with Crippen molar-refractivity contribution in [3.05, 3.63) is 45.9 Å². The minimum absolute atomic E-state index is 0.115. The van der Waals surface area contributed by atoms with Gasteiger partial charge in [0.2, 0.25) is 0 Å². The maximum absolute atomic E-state index is 12.4. The summed E-state index contributed by atoms with van der Waals surface area (Å²) in [5.41, 5.74) is 3.57. The summed E-state index contributed by atoms with van der Waals surface area (Å²) in [6, 6.07) is 8.44. The van der Waals surface area contributed by atoms with Gasteiger partial charge in [-0.15, -0.1) is 6.42 Å². The molecule has 1 amide bonds. The molecular formula is C22H23BrN2O5. The van der Waals surface area contributed by atoms with Crippen LogP contribution in [0.2, 0.25) is 0 Å². The van der Waals surface area contributed by atoms with Gasteiger partial charge in [0.15, 0.2) is 23.0 Å². The molecular weight excluding hydrogens is 452 g/mol. The van der Waals surface area contributed by atoms with E-state index in [0.717, 1.165) is 6.42 Å². The highest BCUT2D eigenvalue weighted by molar-refractivity contribution is 9.10. The van der Waals surface area contributed by atoms with Gasteiger partial charge in [0.1, 0.15) is 6.61 Å². The second-order valence-electron chi connectivity index (χ2n) is 5.94. The first-order chi connectivity index (χ1) is 14.5. The number of halogens is 1. The number of benzene rings is 2. The molecule has 0 aliphatic rings. The highest BCUT2D eigenvalue weighted by Crippen LogP contribution is 2.36. The number of nitrogens with one attached hydrogen (secondary N) is 1. The number of hydrogen-bond donors (Lipinski definition) is 1. The van der Waals surface area contributed by atoms with Crippen LogP contribution in [0.5, 0.6) is 23.0 Å². The first kappa shape index (κ1) is 23.1. The summed E-state index contributed by atoms with van der Waals surface area (Å²) in [7, 11) is 3.05. The molecule has 30 heavy (non-hydrogen) atoms. The summed E-state index contributed by atoms with van der Waals surface area (Å²) >= 11 is 3.42. The Bertz CT molecular complexity index is 953. The molecule has 0 aromatic heterocycles. The van der Waals surface area contributed by atoms with Crippen LogP contribution in [-0.4, -0.2) is 39.6 Å². The van der Waals surface area contributed by atoms with E-state index in [1.807, 2.05) is 6.92 Å². The molecule has 1 N–H and O–H groups in total. The predicted molar refractivity (Wildman–Crippen MR) is 119 cm³/mol. The number of methoxy groups -OCH3 is 2. The van der Waals surface area contributed by atoms with Gasteiger partial charge in [-0.1, -0.05) is 12.8 Å². The van der Waals surface area contributed by atoms with E-state index in [1.165, 1.54) is 20.4 Å². The summed E-state index contributed by atoms with van der Waals surface area (Å²) in [4.78, 5) is 12.4. The quantitative estimate of drug-likeness (QED) is 0.319. The topological polar surface area (TPSA) is 78.4 Å². The van der Waals surface area contributed by atoms with E-state index in [0.29, 0.717) is 45.2 Å². The lowest BCUT2D eigenvalue weighted by atomic mass is 10.2. The van der Waals surface area contributed by atoms with E-state index >= 15 is 0 Å². The van der Waals surface area contributed by atoms with Crippen LogP contribution in [-0.2, 0) is 0 Å². The van der Waals surface area contributed by atoms with Crippen LogP contribution < -0.4 is 24.4 Å². The number of terminal acetylenes is 1. The molecule has 0 atom stereocenters. The zero-order valence-electron chi connectivity index (χ0n) is 17.0. The van der Waals surface area contributed by atoms with Crippen molar-refractivity contribution in [3.8, 4) is 35.3 Å². The van der Waals surface area contributed by atoms with Crippen LogP contribution in [0.4, 0.5) is 0 Å². The van der Waals surface area contributed by atoms with Gasteiger partial charge in [-0.25, -0.2) is 5.43 Å². The fraction of sp³-hybridized carbons (Fsp3) is 0.273. The Kier molecular flexibility index (Phi) is 9.03. The van der Waals surface area contributed by atoms with Gasteiger partial charge < -0.3 is 18.9 Å². The van der Waals surface area contributed by atoms with Gasteiger partial charge in [0, 0.05) is 5.56 Å². The lowest BCUT2D eigenvalue weighted by Crippen LogP contribution is -2.17. The standard InChI is InChI=1S/C22H23BrN2O5/c1-5-9-29-18-8-7-16(13-19(18)27-3)22(26)25-24-14-15-11-17(23)21(30-10-6-2)20(12-15)28-4/h2,7-8,11-14H,5,9-10H2,1,3-4H3,(H,25,26)/b24-14+. The second-order valence-corrected chi connectivity index (χ2v) is 6.79. The first-order valence-electron chi connectivity index (χ1n) is 9.12. The highest BCUT2D eigenvalue weighted by Gasteiger charge is 2.12. The van der Waals surface area contributed by atoms with E-state index in [-0.39, 0.29) is 12.5 Å². The molecule has 158 valence electrons. The fourth-order valence-electron chi connectivity index (χ4n) is 2.44.